The Labute approximate surface area is 142 Å². The molecule has 2 aromatic rings. The van der Waals surface area contributed by atoms with E-state index in [9.17, 15) is 12.8 Å². The Kier molecular flexibility index (Phi) is 4.76. The second-order valence-electron chi connectivity index (χ2n) is 5.75. The lowest BCUT2D eigenvalue weighted by Crippen LogP contribution is -2.49. The standard InChI is InChI=1S/C17H22FN3O2S/c1-3-20(4-2)24(22,23)21-13-12-19-11-7-10-16(19)17(21)14-8-5-6-9-15(14)18/h5-11,17H,3-4,12-13H2,1-2H3. The molecule has 7 heteroatoms. The minimum absolute atomic E-state index is 0.319. The van der Waals surface area contributed by atoms with Gasteiger partial charge in [0.25, 0.3) is 10.2 Å². The molecule has 0 radical (unpaired) electrons. The lowest BCUT2D eigenvalue weighted by Gasteiger charge is -2.38. The van der Waals surface area contributed by atoms with Crippen LogP contribution in [0.2, 0.25) is 0 Å². The Bertz CT molecular complexity index is 815. The monoisotopic (exact) mass is 351 g/mol. The quantitative estimate of drug-likeness (QED) is 0.831. The van der Waals surface area contributed by atoms with Crippen molar-refractivity contribution in [2.75, 3.05) is 19.6 Å². The molecule has 0 fully saturated rings. The van der Waals surface area contributed by atoms with E-state index in [1.54, 1.807) is 18.2 Å². The summed E-state index contributed by atoms with van der Waals surface area (Å²) in [5, 5.41) is 0. The van der Waals surface area contributed by atoms with Gasteiger partial charge in [-0.25, -0.2) is 4.39 Å². The second kappa shape index (κ2) is 6.66. The van der Waals surface area contributed by atoms with Gasteiger partial charge in [0.05, 0.1) is 6.04 Å². The van der Waals surface area contributed by atoms with Crippen LogP contribution in [0, 0.1) is 5.82 Å². The first-order valence-corrected chi connectivity index (χ1v) is 9.56. The summed E-state index contributed by atoms with van der Waals surface area (Å²) < 4.78 is 45.5. The van der Waals surface area contributed by atoms with E-state index < -0.39 is 22.1 Å². The number of benzene rings is 1. The predicted molar refractivity (Wildman–Crippen MR) is 91.2 cm³/mol. The van der Waals surface area contributed by atoms with Crippen LogP contribution in [0.15, 0.2) is 42.6 Å². The van der Waals surface area contributed by atoms with Gasteiger partial charge in [-0.1, -0.05) is 32.0 Å². The van der Waals surface area contributed by atoms with Crippen molar-refractivity contribution < 1.29 is 12.8 Å². The molecule has 1 atom stereocenters. The van der Waals surface area contributed by atoms with Crippen molar-refractivity contribution in [2.45, 2.75) is 26.4 Å². The minimum Gasteiger partial charge on any atom is -0.348 e. The number of hydrogen-bond acceptors (Lipinski definition) is 2. The number of halogens is 1. The van der Waals surface area contributed by atoms with E-state index in [0.717, 1.165) is 5.69 Å². The second-order valence-corrected chi connectivity index (χ2v) is 7.63. The third-order valence-electron chi connectivity index (χ3n) is 4.52. The molecule has 2 heterocycles. The van der Waals surface area contributed by atoms with E-state index in [1.807, 2.05) is 36.7 Å². The first-order valence-electron chi connectivity index (χ1n) is 8.17. The molecule has 1 aliphatic rings. The molecule has 3 rings (SSSR count). The molecule has 5 nitrogen and oxygen atoms in total. The molecule has 1 aromatic carbocycles. The summed E-state index contributed by atoms with van der Waals surface area (Å²) in [7, 11) is -3.67. The molecule has 1 aromatic heterocycles. The zero-order chi connectivity index (χ0) is 17.3. The normalized spacial score (nSPS) is 18.8. The molecule has 1 aliphatic heterocycles. The Balaban J connectivity index is 2.14. The Morgan fingerprint density at radius 1 is 1.12 bits per heavy atom. The number of fused-ring (bicyclic) bond motifs is 1. The highest BCUT2D eigenvalue weighted by Gasteiger charge is 2.39. The van der Waals surface area contributed by atoms with Crippen molar-refractivity contribution in [3.63, 3.8) is 0 Å². The Morgan fingerprint density at radius 3 is 2.50 bits per heavy atom. The lowest BCUT2D eigenvalue weighted by molar-refractivity contribution is 0.267. The summed E-state index contributed by atoms with van der Waals surface area (Å²) in [6.45, 7) is 5.28. The topological polar surface area (TPSA) is 45.6 Å². The van der Waals surface area contributed by atoms with Crippen molar-refractivity contribution >= 4 is 10.2 Å². The van der Waals surface area contributed by atoms with Crippen LogP contribution in [0.3, 0.4) is 0 Å². The van der Waals surface area contributed by atoms with E-state index in [-0.39, 0.29) is 0 Å². The summed E-state index contributed by atoms with van der Waals surface area (Å²) in [5.74, 6) is -0.392. The molecule has 0 bridgehead atoms. The number of rotatable bonds is 5. The third-order valence-corrected chi connectivity index (χ3v) is 6.68. The first-order chi connectivity index (χ1) is 11.5. The fraction of sp³-hybridized carbons (Fsp3) is 0.412. The number of aromatic nitrogens is 1. The lowest BCUT2D eigenvalue weighted by atomic mass is 10.0. The van der Waals surface area contributed by atoms with Gasteiger partial charge in [-0.15, -0.1) is 0 Å². The molecule has 24 heavy (non-hydrogen) atoms. The molecule has 1 unspecified atom stereocenters. The number of nitrogens with zero attached hydrogens (tertiary/aromatic N) is 3. The zero-order valence-electron chi connectivity index (χ0n) is 13.9. The molecular weight excluding hydrogens is 329 g/mol. The van der Waals surface area contributed by atoms with Gasteiger partial charge in [-0.3, -0.25) is 0 Å². The van der Waals surface area contributed by atoms with Gasteiger partial charge in [-0.05, 0) is 18.2 Å². The molecule has 0 spiro atoms. The highest BCUT2D eigenvalue weighted by molar-refractivity contribution is 7.86. The maximum Gasteiger partial charge on any atom is 0.282 e. The Morgan fingerprint density at radius 2 is 1.83 bits per heavy atom. The molecule has 0 saturated heterocycles. The van der Waals surface area contributed by atoms with Crippen LogP contribution in [0.4, 0.5) is 4.39 Å². The van der Waals surface area contributed by atoms with Crippen molar-refractivity contribution in [3.8, 4) is 0 Å². The van der Waals surface area contributed by atoms with Crippen LogP contribution in [0.25, 0.3) is 0 Å². The van der Waals surface area contributed by atoms with Gasteiger partial charge < -0.3 is 4.57 Å². The van der Waals surface area contributed by atoms with E-state index >= 15 is 0 Å². The van der Waals surface area contributed by atoms with Crippen LogP contribution in [0.5, 0.6) is 0 Å². The average molecular weight is 351 g/mol. The smallest absolute Gasteiger partial charge is 0.282 e. The number of hydrogen-bond donors (Lipinski definition) is 0. The van der Waals surface area contributed by atoms with Crippen LogP contribution in [0.1, 0.15) is 31.1 Å². The summed E-state index contributed by atoms with van der Waals surface area (Å²) >= 11 is 0. The van der Waals surface area contributed by atoms with Crippen LogP contribution in [-0.4, -0.2) is 41.2 Å². The van der Waals surface area contributed by atoms with Gasteiger partial charge in [0.2, 0.25) is 0 Å². The van der Waals surface area contributed by atoms with Crippen LogP contribution in [-0.2, 0) is 16.8 Å². The van der Waals surface area contributed by atoms with Crippen LogP contribution >= 0.6 is 0 Å². The van der Waals surface area contributed by atoms with E-state index in [4.69, 9.17) is 0 Å². The largest absolute Gasteiger partial charge is 0.348 e. The van der Waals surface area contributed by atoms with Crippen molar-refractivity contribution in [3.05, 3.63) is 59.7 Å². The average Bonchev–Trinajstić information content (AvgIpc) is 3.04. The van der Waals surface area contributed by atoms with Gasteiger partial charge in [0.1, 0.15) is 5.82 Å². The zero-order valence-corrected chi connectivity index (χ0v) is 14.7. The van der Waals surface area contributed by atoms with Gasteiger partial charge in [-0.2, -0.15) is 17.0 Å². The maximum atomic E-state index is 14.5. The molecule has 0 amide bonds. The maximum absolute atomic E-state index is 14.5. The first kappa shape index (κ1) is 17.1. The Hall–Kier alpha value is -1.70. The summed E-state index contributed by atoms with van der Waals surface area (Å²) in [4.78, 5) is 0. The summed E-state index contributed by atoms with van der Waals surface area (Å²) in [5.41, 5.74) is 1.18. The third kappa shape index (κ3) is 2.76. The van der Waals surface area contributed by atoms with E-state index in [0.29, 0.717) is 31.7 Å². The summed E-state index contributed by atoms with van der Waals surface area (Å²) in [6.07, 6.45) is 1.91. The predicted octanol–water partition coefficient (Wildman–Crippen LogP) is 2.62. The van der Waals surface area contributed by atoms with Gasteiger partial charge in [0.15, 0.2) is 0 Å². The van der Waals surface area contributed by atoms with Crippen LogP contribution < -0.4 is 0 Å². The van der Waals surface area contributed by atoms with E-state index in [1.165, 1.54) is 14.7 Å². The molecule has 0 saturated carbocycles. The van der Waals surface area contributed by atoms with E-state index in [2.05, 4.69) is 0 Å². The fourth-order valence-electron chi connectivity index (χ4n) is 3.32. The molecule has 130 valence electrons. The van der Waals surface area contributed by atoms with Gasteiger partial charge >= 0.3 is 0 Å². The summed E-state index contributed by atoms with van der Waals surface area (Å²) in [6, 6.07) is 9.47. The minimum atomic E-state index is -3.67. The fourth-order valence-corrected chi connectivity index (χ4v) is 5.07. The highest BCUT2D eigenvalue weighted by atomic mass is 32.2. The van der Waals surface area contributed by atoms with Crippen molar-refractivity contribution in [2.24, 2.45) is 0 Å². The molecular formula is C17H22FN3O2S. The highest BCUT2D eigenvalue weighted by Crippen LogP contribution is 2.36. The molecule has 0 aliphatic carbocycles. The SMILES string of the molecule is CCN(CC)S(=O)(=O)N1CCn2cccc2C1c1ccccc1F. The molecule has 0 N–H and O–H groups in total. The van der Waals surface area contributed by atoms with Crippen molar-refractivity contribution in [1.82, 2.24) is 13.2 Å². The van der Waals surface area contributed by atoms with Gasteiger partial charge in [0, 0.05) is 43.6 Å². The van der Waals surface area contributed by atoms with Crippen molar-refractivity contribution in [1.29, 1.82) is 0 Å².